The summed E-state index contributed by atoms with van der Waals surface area (Å²) in [7, 11) is 0. The van der Waals surface area contributed by atoms with Gasteiger partial charge in [-0.05, 0) is 36.8 Å². The van der Waals surface area contributed by atoms with Crippen LogP contribution in [0.1, 0.15) is 29.0 Å². The molecule has 5 heteroatoms. The van der Waals surface area contributed by atoms with Crippen molar-refractivity contribution >= 4 is 28.9 Å². The fraction of sp³-hybridized carbons (Fsp3) is 0.100. The third kappa shape index (κ3) is 4.37. The number of para-hydroxylation sites is 1. The van der Waals surface area contributed by atoms with E-state index in [2.05, 4.69) is 34.7 Å². The van der Waals surface area contributed by atoms with E-state index in [1.54, 1.807) is 24.4 Å². The van der Waals surface area contributed by atoms with Crippen molar-refractivity contribution in [2.24, 2.45) is 0 Å². The molecule has 1 heterocycles. The van der Waals surface area contributed by atoms with Crippen molar-refractivity contribution in [3.8, 4) is 0 Å². The van der Waals surface area contributed by atoms with Crippen LogP contribution >= 0.6 is 11.6 Å². The maximum absolute atomic E-state index is 12.4. The quantitative estimate of drug-likeness (QED) is 0.667. The summed E-state index contributed by atoms with van der Waals surface area (Å²) in [4.78, 5) is 16.6. The lowest BCUT2D eigenvalue weighted by molar-refractivity contribution is 0.102. The third-order valence-corrected chi connectivity index (χ3v) is 4.13. The van der Waals surface area contributed by atoms with Gasteiger partial charge in [-0.15, -0.1) is 0 Å². The Balaban J connectivity index is 1.73. The molecule has 0 aliphatic heterocycles. The molecule has 2 aromatic carbocycles. The van der Waals surface area contributed by atoms with Gasteiger partial charge >= 0.3 is 0 Å². The van der Waals surface area contributed by atoms with E-state index in [1.165, 1.54) is 5.56 Å². The van der Waals surface area contributed by atoms with Gasteiger partial charge in [0.25, 0.3) is 5.91 Å². The van der Waals surface area contributed by atoms with E-state index in [4.69, 9.17) is 11.6 Å². The Bertz CT molecular complexity index is 868. The second kappa shape index (κ2) is 7.81. The Morgan fingerprint density at radius 1 is 1.04 bits per heavy atom. The van der Waals surface area contributed by atoms with E-state index in [0.717, 1.165) is 5.69 Å². The highest BCUT2D eigenvalue weighted by atomic mass is 35.5. The van der Waals surface area contributed by atoms with Crippen LogP contribution in [0.4, 0.5) is 11.4 Å². The lowest BCUT2D eigenvalue weighted by atomic mass is 10.1. The van der Waals surface area contributed by atoms with Gasteiger partial charge in [0.2, 0.25) is 0 Å². The molecule has 1 atom stereocenters. The lowest BCUT2D eigenvalue weighted by Crippen LogP contribution is -2.15. The number of benzene rings is 2. The minimum absolute atomic E-state index is 0.114. The van der Waals surface area contributed by atoms with Gasteiger partial charge in [-0.1, -0.05) is 54.1 Å². The second-order valence-corrected chi connectivity index (χ2v) is 6.05. The van der Waals surface area contributed by atoms with Crippen LogP contribution in [0.3, 0.4) is 0 Å². The monoisotopic (exact) mass is 351 g/mol. The Labute approximate surface area is 151 Å². The van der Waals surface area contributed by atoms with Gasteiger partial charge in [0, 0.05) is 17.9 Å². The highest BCUT2D eigenvalue weighted by Crippen LogP contribution is 2.22. The molecule has 3 aromatic rings. The SMILES string of the molecule is CC(Nc1ccnc(C(=O)Nc2ccccc2Cl)c1)c1ccccc1. The number of hydrogen-bond acceptors (Lipinski definition) is 3. The average Bonchev–Trinajstić information content (AvgIpc) is 2.64. The van der Waals surface area contributed by atoms with Crippen molar-refractivity contribution < 1.29 is 4.79 Å². The highest BCUT2D eigenvalue weighted by molar-refractivity contribution is 6.33. The summed E-state index contributed by atoms with van der Waals surface area (Å²) in [6, 6.07) is 20.9. The van der Waals surface area contributed by atoms with Crippen LogP contribution < -0.4 is 10.6 Å². The molecular formula is C20H18ClN3O. The van der Waals surface area contributed by atoms with Crippen molar-refractivity contribution in [3.05, 3.63) is 89.2 Å². The molecule has 2 N–H and O–H groups in total. The molecule has 0 saturated heterocycles. The zero-order valence-electron chi connectivity index (χ0n) is 13.7. The number of amides is 1. The molecule has 0 aliphatic rings. The Morgan fingerprint density at radius 3 is 2.52 bits per heavy atom. The van der Waals surface area contributed by atoms with Crippen LogP contribution in [0.2, 0.25) is 5.02 Å². The maximum atomic E-state index is 12.4. The summed E-state index contributed by atoms with van der Waals surface area (Å²) < 4.78 is 0. The van der Waals surface area contributed by atoms with Gasteiger partial charge in [-0.2, -0.15) is 0 Å². The predicted octanol–water partition coefficient (Wildman–Crippen LogP) is 5.16. The number of nitrogens with zero attached hydrogens (tertiary/aromatic N) is 1. The summed E-state index contributed by atoms with van der Waals surface area (Å²) in [6.45, 7) is 2.07. The molecule has 126 valence electrons. The van der Waals surface area contributed by atoms with Crippen LogP contribution in [0.15, 0.2) is 72.9 Å². The number of halogens is 1. The fourth-order valence-electron chi connectivity index (χ4n) is 2.47. The van der Waals surface area contributed by atoms with E-state index in [1.807, 2.05) is 36.4 Å². The van der Waals surface area contributed by atoms with Gasteiger partial charge in [-0.3, -0.25) is 9.78 Å². The average molecular weight is 352 g/mol. The molecular weight excluding hydrogens is 334 g/mol. The van der Waals surface area contributed by atoms with Crippen LogP contribution in [-0.4, -0.2) is 10.9 Å². The molecule has 0 saturated carbocycles. The standard InChI is InChI=1S/C20H18ClN3O/c1-14(15-7-3-2-4-8-15)23-16-11-12-22-19(13-16)20(25)24-18-10-6-5-9-17(18)21/h2-14H,1H3,(H,22,23)(H,24,25). The van der Waals surface area contributed by atoms with Crippen molar-refractivity contribution in [1.82, 2.24) is 4.98 Å². The molecule has 1 amide bonds. The van der Waals surface area contributed by atoms with Gasteiger partial charge in [-0.25, -0.2) is 0 Å². The van der Waals surface area contributed by atoms with E-state index in [9.17, 15) is 4.79 Å². The summed E-state index contributed by atoms with van der Waals surface area (Å²) >= 11 is 6.08. The minimum atomic E-state index is -0.302. The third-order valence-electron chi connectivity index (χ3n) is 3.80. The van der Waals surface area contributed by atoms with Crippen molar-refractivity contribution in [3.63, 3.8) is 0 Å². The number of pyridine rings is 1. The summed E-state index contributed by atoms with van der Waals surface area (Å²) in [5.74, 6) is -0.302. The molecule has 0 bridgehead atoms. The van der Waals surface area contributed by atoms with Crippen LogP contribution in [0.5, 0.6) is 0 Å². The Hall–Kier alpha value is -2.85. The molecule has 0 aliphatic carbocycles. The second-order valence-electron chi connectivity index (χ2n) is 5.64. The number of anilines is 2. The minimum Gasteiger partial charge on any atom is -0.378 e. The summed E-state index contributed by atoms with van der Waals surface area (Å²) in [5.41, 5.74) is 2.88. The topological polar surface area (TPSA) is 54.0 Å². The number of nitrogens with one attached hydrogen (secondary N) is 2. The van der Waals surface area contributed by atoms with E-state index in [0.29, 0.717) is 16.4 Å². The van der Waals surface area contributed by atoms with Crippen molar-refractivity contribution in [2.45, 2.75) is 13.0 Å². The maximum Gasteiger partial charge on any atom is 0.274 e. The smallest absolute Gasteiger partial charge is 0.274 e. The molecule has 1 unspecified atom stereocenters. The van der Waals surface area contributed by atoms with Crippen LogP contribution in [0, 0.1) is 0 Å². The first kappa shape index (κ1) is 17.0. The molecule has 1 aromatic heterocycles. The van der Waals surface area contributed by atoms with Gasteiger partial charge < -0.3 is 10.6 Å². The molecule has 0 fully saturated rings. The predicted molar refractivity (Wildman–Crippen MR) is 102 cm³/mol. The van der Waals surface area contributed by atoms with Gasteiger partial charge in [0.05, 0.1) is 10.7 Å². The lowest BCUT2D eigenvalue weighted by Gasteiger charge is -2.16. The van der Waals surface area contributed by atoms with Crippen LogP contribution in [0.25, 0.3) is 0 Å². The molecule has 0 spiro atoms. The van der Waals surface area contributed by atoms with E-state index < -0.39 is 0 Å². The Morgan fingerprint density at radius 2 is 1.76 bits per heavy atom. The van der Waals surface area contributed by atoms with Crippen LogP contribution in [-0.2, 0) is 0 Å². The number of rotatable bonds is 5. The van der Waals surface area contributed by atoms with E-state index in [-0.39, 0.29) is 11.9 Å². The molecule has 4 nitrogen and oxygen atoms in total. The highest BCUT2D eigenvalue weighted by Gasteiger charge is 2.11. The molecule has 0 radical (unpaired) electrons. The first-order valence-corrected chi connectivity index (χ1v) is 8.34. The number of aromatic nitrogens is 1. The summed E-state index contributed by atoms with van der Waals surface area (Å²) in [5, 5.41) is 6.65. The van der Waals surface area contributed by atoms with Gasteiger partial charge in [0.1, 0.15) is 5.69 Å². The van der Waals surface area contributed by atoms with Crippen molar-refractivity contribution in [2.75, 3.05) is 10.6 Å². The Kier molecular flexibility index (Phi) is 5.31. The number of carbonyl (C=O) groups excluding carboxylic acids is 1. The number of carbonyl (C=O) groups is 1. The first-order valence-electron chi connectivity index (χ1n) is 7.97. The first-order chi connectivity index (χ1) is 12.1. The normalized spacial score (nSPS) is 11.6. The fourth-order valence-corrected chi connectivity index (χ4v) is 2.65. The summed E-state index contributed by atoms with van der Waals surface area (Å²) in [6.07, 6.45) is 1.61. The molecule has 3 rings (SSSR count). The zero-order chi connectivity index (χ0) is 17.6. The zero-order valence-corrected chi connectivity index (χ0v) is 14.5. The molecule has 25 heavy (non-hydrogen) atoms. The van der Waals surface area contributed by atoms with Crippen molar-refractivity contribution in [1.29, 1.82) is 0 Å². The van der Waals surface area contributed by atoms with E-state index >= 15 is 0 Å². The largest absolute Gasteiger partial charge is 0.378 e. The van der Waals surface area contributed by atoms with Gasteiger partial charge in [0.15, 0.2) is 0 Å². The number of hydrogen-bond donors (Lipinski definition) is 2.